The molecule has 7 heteroatoms. The third-order valence-electron chi connectivity index (χ3n) is 2.14. The molecule has 0 aliphatic carbocycles. The van der Waals surface area contributed by atoms with Crippen LogP contribution < -0.4 is 11.1 Å². The minimum atomic E-state index is 0. The van der Waals surface area contributed by atoms with Gasteiger partial charge in [-0.3, -0.25) is 9.69 Å². The number of likely N-dealkylation sites (N-methyl/N-ethyl adjacent to an activating group) is 1. The van der Waals surface area contributed by atoms with Gasteiger partial charge in [0.1, 0.15) is 0 Å². The molecule has 0 saturated carbocycles. The maximum absolute atomic E-state index is 11.3. The minimum Gasteiger partial charge on any atom is -0.375 e. The Morgan fingerprint density at radius 2 is 2.35 bits per heavy atom. The molecule has 0 aromatic carbocycles. The van der Waals surface area contributed by atoms with E-state index in [9.17, 15) is 4.79 Å². The molecule has 0 atom stereocenters. The smallest absolute Gasteiger partial charge is 0.233 e. The van der Waals surface area contributed by atoms with Crippen LogP contribution in [0.15, 0.2) is 6.20 Å². The van der Waals surface area contributed by atoms with Gasteiger partial charge in [0.05, 0.1) is 6.54 Å². The van der Waals surface area contributed by atoms with E-state index in [1.807, 2.05) is 0 Å². The Bertz CT molecular complexity index is 345. The van der Waals surface area contributed by atoms with Gasteiger partial charge in [0.2, 0.25) is 5.91 Å². The van der Waals surface area contributed by atoms with Gasteiger partial charge in [0.25, 0.3) is 0 Å². The van der Waals surface area contributed by atoms with Crippen molar-refractivity contribution in [3.63, 3.8) is 0 Å². The van der Waals surface area contributed by atoms with Crippen LogP contribution in [0.3, 0.4) is 0 Å². The molecule has 98 valence electrons. The Balaban J connectivity index is 0.00000256. The van der Waals surface area contributed by atoms with Gasteiger partial charge in [0, 0.05) is 24.7 Å². The molecule has 0 radical (unpaired) electrons. The van der Waals surface area contributed by atoms with E-state index in [4.69, 9.17) is 5.73 Å². The van der Waals surface area contributed by atoms with Gasteiger partial charge in [-0.1, -0.05) is 6.92 Å². The highest BCUT2D eigenvalue weighted by Crippen LogP contribution is 2.16. The highest BCUT2D eigenvalue weighted by atomic mass is 35.5. The molecule has 0 unspecified atom stereocenters. The number of anilines is 1. The number of nitrogens with one attached hydrogen (secondary N) is 1. The van der Waals surface area contributed by atoms with Gasteiger partial charge in [0.15, 0.2) is 5.13 Å². The number of carbonyl (C=O) groups is 1. The van der Waals surface area contributed by atoms with Crippen LogP contribution in [0, 0.1) is 0 Å². The lowest BCUT2D eigenvalue weighted by Gasteiger charge is -2.19. The topological polar surface area (TPSA) is 71.2 Å². The Hall–Kier alpha value is -0.850. The summed E-state index contributed by atoms with van der Waals surface area (Å²) in [6.45, 7) is 4.14. The monoisotopic (exact) mass is 278 g/mol. The Labute approximate surface area is 112 Å². The van der Waals surface area contributed by atoms with Crippen molar-refractivity contribution in [3.05, 3.63) is 11.1 Å². The second-order valence-electron chi connectivity index (χ2n) is 3.55. The quantitative estimate of drug-likeness (QED) is 0.818. The largest absolute Gasteiger partial charge is 0.375 e. The van der Waals surface area contributed by atoms with Crippen molar-refractivity contribution < 1.29 is 4.79 Å². The molecule has 1 aromatic rings. The van der Waals surface area contributed by atoms with Crippen LogP contribution in [0.1, 0.15) is 18.2 Å². The van der Waals surface area contributed by atoms with Crippen molar-refractivity contribution >= 4 is 34.8 Å². The minimum absolute atomic E-state index is 0. The van der Waals surface area contributed by atoms with Gasteiger partial charge >= 0.3 is 0 Å². The van der Waals surface area contributed by atoms with E-state index >= 15 is 0 Å². The summed E-state index contributed by atoms with van der Waals surface area (Å²) in [5, 5.41) is 3.20. The molecule has 17 heavy (non-hydrogen) atoms. The first-order valence-corrected chi connectivity index (χ1v) is 6.10. The number of rotatable bonds is 6. The molecular formula is C10H19ClN4OS. The normalized spacial score (nSPS) is 10.1. The number of thiazole rings is 1. The van der Waals surface area contributed by atoms with Gasteiger partial charge in [-0.25, -0.2) is 4.98 Å². The third-order valence-corrected chi connectivity index (χ3v) is 2.95. The summed E-state index contributed by atoms with van der Waals surface area (Å²) < 4.78 is 0. The van der Waals surface area contributed by atoms with E-state index in [1.54, 1.807) is 13.2 Å². The zero-order valence-corrected chi connectivity index (χ0v) is 11.7. The van der Waals surface area contributed by atoms with Crippen LogP contribution in [-0.2, 0) is 11.3 Å². The number of amides is 1. The van der Waals surface area contributed by atoms with Crippen LogP contribution >= 0.6 is 23.7 Å². The van der Waals surface area contributed by atoms with E-state index in [0.717, 1.165) is 24.4 Å². The second-order valence-corrected chi connectivity index (χ2v) is 4.70. The van der Waals surface area contributed by atoms with Gasteiger partial charge in [-0.2, -0.15) is 0 Å². The molecule has 0 spiro atoms. The maximum atomic E-state index is 11.3. The summed E-state index contributed by atoms with van der Waals surface area (Å²) in [7, 11) is 1.65. The molecule has 5 nitrogen and oxygen atoms in total. The van der Waals surface area contributed by atoms with Crippen LogP contribution in [0.25, 0.3) is 0 Å². The number of nitrogens with two attached hydrogens (primary N) is 1. The molecule has 1 rings (SSSR count). The van der Waals surface area contributed by atoms with Crippen molar-refractivity contribution in [3.8, 4) is 0 Å². The van der Waals surface area contributed by atoms with E-state index in [0.29, 0.717) is 11.7 Å². The first-order valence-electron chi connectivity index (χ1n) is 5.28. The summed E-state index contributed by atoms with van der Waals surface area (Å²) >= 11 is 1.47. The summed E-state index contributed by atoms with van der Waals surface area (Å²) in [4.78, 5) is 18.5. The van der Waals surface area contributed by atoms with Crippen LogP contribution in [0.4, 0.5) is 5.13 Å². The fourth-order valence-corrected chi connectivity index (χ4v) is 2.16. The molecule has 0 bridgehead atoms. The summed E-state index contributed by atoms with van der Waals surface area (Å²) in [5.41, 5.74) is 5.57. The fourth-order valence-electron chi connectivity index (χ4n) is 1.43. The molecule has 0 fully saturated rings. The first-order chi connectivity index (χ1) is 7.65. The van der Waals surface area contributed by atoms with Gasteiger partial charge < -0.3 is 11.1 Å². The lowest BCUT2D eigenvalue weighted by atomic mass is 10.3. The summed E-state index contributed by atoms with van der Waals surface area (Å²) in [6, 6.07) is 0. The number of hydrogen-bond donors (Lipinski definition) is 2. The van der Waals surface area contributed by atoms with Crippen LogP contribution in [-0.4, -0.2) is 35.9 Å². The van der Waals surface area contributed by atoms with Crippen LogP contribution in [0.2, 0.25) is 0 Å². The first kappa shape index (κ1) is 16.1. The highest BCUT2D eigenvalue weighted by Gasteiger charge is 2.10. The Morgan fingerprint density at radius 1 is 1.65 bits per heavy atom. The molecule has 0 aliphatic rings. The standard InChI is InChI=1S/C10H18N4OS.ClH/c1-3-4-14(7-9(15)12-2)6-8-5-13-10(11)16-8;/h5H,3-4,6-7H2,1-2H3,(H2,11,13)(H,12,15);1H. The van der Waals surface area contributed by atoms with Crippen molar-refractivity contribution in [2.24, 2.45) is 0 Å². The van der Waals surface area contributed by atoms with E-state index in [1.165, 1.54) is 11.3 Å². The number of nitrogen functional groups attached to an aromatic ring is 1. The predicted molar refractivity (Wildman–Crippen MR) is 73.4 cm³/mol. The zero-order chi connectivity index (χ0) is 12.0. The lowest BCUT2D eigenvalue weighted by Crippen LogP contribution is -2.35. The number of nitrogens with zero attached hydrogens (tertiary/aromatic N) is 2. The molecule has 3 N–H and O–H groups in total. The molecule has 0 aliphatic heterocycles. The Kier molecular flexibility index (Phi) is 7.86. The molecule has 1 amide bonds. The highest BCUT2D eigenvalue weighted by molar-refractivity contribution is 7.15. The van der Waals surface area contributed by atoms with E-state index < -0.39 is 0 Å². The van der Waals surface area contributed by atoms with E-state index in [2.05, 4.69) is 22.1 Å². The van der Waals surface area contributed by atoms with Crippen LogP contribution in [0.5, 0.6) is 0 Å². The van der Waals surface area contributed by atoms with Crippen molar-refractivity contribution in [2.45, 2.75) is 19.9 Å². The summed E-state index contributed by atoms with van der Waals surface area (Å²) in [5.74, 6) is 0.0333. The average molecular weight is 279 g/mol. The number of aromatic nitrogens is 1. The SMILES string of the molecule is CCCN(CC(=O)NC)Cc1cnc(N)s1.Cl. The van der Waals surface area contributed by atoms with Crippen molar-refractivity contribution in [1.29, 1.82) is 0 Å². The average Bonchev–Trinajstić information content (AvgIpc) is 2.64. The Morgan fingerprint density at radius 3 is 2.82 bits per heavy atom. The second kappa shape index (κ2) is 8.27. The van der Waals surface area contributed by atoms with Crippen molar-refractivity contribution in [1.82, 2.24) is 15.2 Å². The molecule has 0 saturated heterocycles. The van der Waals surface area contributed by atoms with E-state index in [-0.39, 0.29) is 18.3 Å². The predicted octanol–water partition coefficient (Wildman–Crippen LogP) is 1.11. The maximum Gasteiger partial charge on any atom is 0.233 e. The van der Waals surface area contributed by atoms with Crippen molar-refractivity contribution in [2.75, 3.05) is 25.9 Å². The van der Waals surface area contributed by atoms with Gasteiger partial charge in [-0.05, 0) is 13.0 Å². The van der Waals surface area contributed by atoms with Gasteiger partial charge in [-0.15, -0.1) is 23.7 Å². The zero-order valence-electron chi connectivity index (χ0n) is 10.1. The third kappa shape index (κ3) is 5.86. The molecule has 1 aromatic heterocycles. The fraction of sp³-hybridized carbons (Fsp3) is 0.600. The number of hydrogen-bond acceptors (Lipinski definition) is 5. The molecular weight excluding hydrogens is 260 g/mol. The number of halogens is 1. The lowest BCUT2D eigenvalue weighted by molar-refractivity contribution is -0.121. The molecule has 1 heterocycles. The number of carbonyl (C=O) groups excluding carboxylic acids is 1. The summed E-state index contributed by atoms with van der Waals surface area (Å²) in [6.07, 6.45) is 2.79.